The first-order valence-corrected chi connectivity index (χ1v) is 13.0. The molecule has 186 valence electrons. The van der Waals surface area contributed by atoms with Gasteiger partial charge in [0.25, 0.3) is 0 Å². The maximum Gasteiger partial charge on any atom is 0.228 e. The molecule has 2 aromatic rings. The van der Waals surface area contributed by atoms with Crippen molar-refractivity contribution in [3.8, 4) is 5.75 Å². The van der Waals surface area contributed by atoms with E-state index in [1.54, 1.807) is 4.90 Å². The van der Waals surface area contributed by atoms with E-state index in [1.165, 1.54) is 36.7 Å². The lowest BCUT2D eigenvalue weighted by Crippen LogP contribution is -2.71. The molecule has 1 aromatic carbocycles. The van der Waals surface area contributed by atoms with Gasteiger partial charge in [0.2, 0.25) is 5.91 Å². The molecule has 1 saturated carbocycles. The van der Waals surface area contributed by atoms with Crippen molar-refractivity contribution in [1.82, 2.24) is 14.8 Å². The van der Waals surface area contributed by atoms with Crippen molar-refractivity contribution in [2.45, 2.75) is 68.9 Å². The highest BCUT2D eigenvalue weighted by atomic mass is 19.1. The van der Waals surface area contributed by atoms with Crippen molar-refractivity contribution in [3.05, 3.63) is 58.7 Å². The molecule has 2 saturated heterocycles. The van der Waals surface area contributed by atoms with Gasteiger partial charge in [-0.15, -0.1) is 0 Å². The van der Waals surface area contributed by atoms with Crippen molar-refractivity contribution in [1.29, 1.82) is 0 Å². The molecule has 35 heavy (non-hydrogen) atoms. The summed E-state index contributed by atoms with van der Waals surface area (Å²) in [7, 11) is 0. The monoisotopic (exact) mass is 479 g/mol. The van der Waals surface area contributed by atoms with Crippen molar-refractivity contribution in [2.75, 3.05) is 26.2 Å². The lowest BCUT2D eigenvalue weighted by molar-refractivity contribution is -0.149. The van der Waals surface area contributed by atoms with Crippen molar-refractivity contribution in [3.63, 3.8) is 0 Å². The Morgan fingerprint density at radius 1 is 1.20 bits per heavy atom. The Hall–Kier alpha value is -2.51. The van der Waals surface area contributed by atoms with Gasteiger partial charge in [-0.05, 0) is 92.8 Å². The summed E-state index contributed by atoms with van der Waals surface area (Å²) in [5, 5.41) is 23.2. The van der Waals surface area contributed by atoms with Gasteiger partial charge in [-0.1, -0.05) is 6.07 Å². The number of phenolic OH excluding ortho intramolecular Hbond substituents is 1. The predicted octanol–water partition coefficient (Wildman–Crippen LogP) is 3.11. The summed E-state index contributed by atoms with van der Waals surface area (Å²) in [6, 6.07) is 6.82. The van der Waals surface area contributed by atoms with Crippen LogP contribution in [0.4, 0.5) is 4.39 Å². The lowest BCUT2D eigenvalue weighted by Gasteiger charge is -2.61. The molecule has 6 rings (SSSR count). The summed E-state index contributed by atoms with van der Waals surface area (Å²) in [6.45, 7) is 4.81. The number of aromatic nitrogens is 1. The molecule has 7 heteroatoms. The van der Waals surface area contributed by atoms with E-state index < -0.39 is 16.8 Å². The zero-order valence-electron chi connectivity index (χ0n) is 20.3. The molecule has 3 heterocycles. The van der Waals surface area contributed by atoms with Crippen LogP contribution in [-0.2, 0) is 23.1 Å². The first-order chi connectivity index (χ1) is 16.8. The minimum atomic E-state index is -0.986. The maximum absolute atomic E-state index is 14.2. The molecular formula is C28H34FN3O3. The third-order valence-electron chi connectivity index (χ3n) is 9.26. The van der Waals surface area contributed by atoms with Crippen LogP contribution >= 0.6 is 0 Å². The number of carbonyl (C=O) groups is 1. The molecule has 3 fully saturated rings. The fraction of sp³-hybridized carbons (Fsp3) is 0.571. The Labute approximate surface area is 205 Å². The highest BCUT2D eigenvalue weighted by Gasteiger charge is 2.63. The van der Waals surface area contributed by atoms with E-state index in [0.717, 1.165) is 43.0 Å². The number of nitrogens with zero attached hydrogens (tertiary/aromatic N) is 3. The van der Waals surface area contributed by atoms with E-state index in [-0.39, 0.29) is 29.8 Å². The standard InChI is InChI=1S/C28H34FN3O3/c1-18-13-20-14-25-28(35)8-12-31(26(34)16-23-22(29)3-2-9-30-23)10-6-27(28,21(20)15-24(18)33)7-11-32(25)17-19-4-5-19/h2-3,9,13,15,19,25,33,35H,4-8,10-12,14,16-17H2,1H3. The first-order valence-electron chi connectivity index (χ1n) is 13.0. The number of aryl methyl sites for hydroxylation is 1. The van der Waals surface area contributed by atoms with Crippen LogP contribution in [0.2, 0.25) is 0 Å². The summed E-state index contributed by atoms with van der Waals surface area (Å²) < 4.78 is 14.2. The van der Waals surface area contributed by atoms with E-state index in [9.17, 15) is 19.4 Å². The molecular weight excluding hydrogens is 445 g/mol. The minimum Gasteiger partial charge on any atom is -0.508 e. The van der Waals surface area contributed by atoms with Crippen LogP contribution in [-0.4, -0.2) is 68.7 Å². The largest absolute Gasteiger partial charge is 0.508 e. The van der Waals surface area contributed by atoms with Crippen LogP contribution in [0, 0.1) is 18.7 Å². The van der Waals surface area contributed by atoms with E-state index in [2.05, 4.69) is 16.0 Å². The SMILES string of the molecule is Cc1cc2c(cc1O)C13CCN(C(=O)Cc4ncccc4F)CCC1(O)C(C2)N(CC1CC1)CC3. The number of hydrogen-bond donors (Lipinski definition) is 2. The van der Waals surface area contributed by atoms with Gasteiger partial charge in [0, 0.05) is 37.3 Å². The van der Waals surface area contributed by atoms with Crippen molar-refractivity contribution >= 4 is 5.91 Å². The minimum absolute atomic E-state index is 0.00317. The highest BCUT2D eigenvalue weighted by Crippen LogP contribution is 2.57. The first kappa shape index (κ1) is 22.9. The number of carbonyl (C=O) groups excluding carboxylic acids is 1. The number of likely N-dealkylation sites (tertiary alicyclic amines) is 2. The Balaban J connectivity index is 1.35. The number of pyridine rings is 1. The second kappa shape index (κ2) is 8.27. The summed E-state index contributed by atoms with van der Waals surface area (Å²) in [6.07, 6.45) is 6.63. The number of rotatable bonds is 4. The van der Waals surface area contributed by atoms with Crippen LogP contribution in [0.15, 0.2) is 30.5 Å². The number of hydrogen-bond acceptors (Lipinski definition) is 5. The highest BCUT2D eigenvalue weighted by molar-refractivity contribution is 5.78. The maximum atomic E-state index is 14.2. The van der Waals surface area contributed by atoms with Gasteiger partial charge in [0.1, 0.15) is 11.6 Å². The summed E-state index contributed by atoms with van der Waals surface area (Å²) in [5.41, 5.74) is 1.79. The Bertz CT molecular complexity index is 1170. The van der Waals surface area contributed by atoms with Gasteiger partial charge in [-0.3, -0.25) is 14.7 Å². The third kappa shape index (κ3) is 3.66. The molecule has 3 atom stereocenters. The van der Waals surface area contributed by atoms with Crippen molar-refractivity contribution < 1.29 is 19.4 Å². The van der Waals surface area contributed by atoms with Crippen LogP contribution in [0.5, 0.6) is 5.75 Å². The summed E-state index contributed by atoms with van der Waals surface area (Å²) in [5.74, 6) is 0.374. The molecule has 4 aliphatic rings. The average molecular weight is 480 g/mol. The third-order valence-corrected chi connectivity index (χ3v) is 9.26. The van der Waals surface area contributed by atoms with Gasteiger partial charge >= 0.3 is 0 Å². The zero-order chi connectivity index (χ0) is 24.4. The van der Waals surface area contributed by atoms with Gasteiger partial charge in [-0.2, -0.15) is 0 Å². The van der Waals surface area contributed by atoms with Gasteiger partial charge in [0.15, 0.2) is 0 Å². The molecule has 2 aliphatic carbocycles. The number of amides is 1. The van der Waals surface area contributed by atoms with Crippen molar-refractivity contribution in [2.24, 2.45) is 5.92 Å². The zero-order valence-corrected chi connectivity index (χ0v) is 20.3. The number of halogens is 1. The smallest absolute Gasteiger partial charge is 0.228 e. The molecule has 2 aliphatic heterocycles. The molecule has 2 N–H and O–H groups in total. The van der Waals surface area contributed by atoms with Gasteiger partial charge in [0.05, 0.1) is 17.7 Å². The topological polar surface area (TPSA) is 76.9 Å². The molecule has 3 unspecified atom stereocenters. The number of fused-ring (bicyclic) bond motifs is 1. The van der Waals surface area contributed by atoms with E-state index in [0.29, 0.717) is 25.9 Å². The van der Waals surface area contributed by atoms with E-state index >= 15 is 0 Å². The second-order valence-corrected chi connectivity index (χ2v) is 11.2. The molecule has 0 radical (unpaired) electrons. The molecule has 2 bridgehead atoms. The van der Waals surface area contributed by atoms with Crippen LogP contribution in [0.1, 0.15) is 54.5 Å². The van der Waals surface area contributed by atoms with E-state index in [1.807, 2.05) is 13.0 Å². The Morgan fingerprint density at radius 3 is 2.74 bits per heavy atom. The lowest BCUT2D eigenvalue weighted by atomic mass is 9.52. The van der Waals surface area contributed by atoms with Gasteiger partial charge < -0.3 is 15.1 Å². The fourth-order valence-electron chi connectivity index (χ4n) is 7.10. The number of phenols is 1. The average Bonchev–Trinajstić information content (AvgIpc) is 3.65. The molecule has 6 nitrogen and oxygen atoms in total. The van der Waals surface area contributed by atoms with Crippen LogP contribution < -0.4 is 0 Å². The quantitative estimate of drug-likeness (QED) is 0.705. The van der Waals surface area contributed by atoms with Gasteiger partial charge in [-0.25, -0.2) is 4.39 Å². The summed E-state index contributed by atoms with van der Waals surface area (Å²) >= 11 is 0. The normalized spacial score (nSPS) is 30.4. The van der Waals surface area contributed by atoms with Crippen LogP contribution in [0.3, 0.4) is 0 Å². The molecule has 0 spiro atoms. The second-order valence-electron chi connectivity index (χ2n) is 11.2. The summed E-state index contributed by atoms with van der Waals surface area (Å²) in [4.78, 5) is 21.6. The Kier molecular flexibility index (Phi) is 5.42. The number of aliphatic hydroxyl groups is 1. The fourth-order valence-corrected chi connectivity index (χ4v) is 7.10. The van der Waals surface area contributed by atoms with E-state index in [4.69, 9.17) is 0 Å². The number of piperidine rings is 1. The number of aromatic hydroxyl groups is 1. The molecule has 1 amide bonds. The molecule has 1 aromatic heterocycles. The Morgan fingerprint density at radius 2 is 1.97 bits per heavy atom. The number of benzene rings is 1. The van der Waals surface area contributed by atoms with Crippen LogP contribution in [0.25, 0.3) is 0 Å². The predicted molar refractivity (Wildman–Crippen MR) is 130 cm³/mol.